The average Bonchev–Trinajstić information content (AvgIpc) is 3.31. The predicted molar refractivity (Wildman–Crippen MR) is 118 cm³/mol. The van der Waals surface area contributed by atoms with Crippen LogP contribution in [-0.2, 0) is 0 Å². The van der Waals surface area contributed by atoms with E-state index in [0.717, 1.165) is 50.4 Å². The number of ether oxygens (including phenoxy) is 2. The number of benzene rings is 1. The molecule has 0 aliphatic rings. The van der Waals surface area contributed by atoms with Crippen molar-refractivity contribution >= 4 is 27.8 Å². The first kappa shape index (κ1) is 19.3. The minimum Gasteiger partial charge on any atom is -0.497 e. The molecular formula is C24H23NO3S. The molecule has 2 aromatic heterocycles. The number of hydrogen-bond donors (Lipinski definition) is 0. The van der Waals surface area contributed by atoms with E-state index in [-0.39, 0.29) is 0 Å². The summed E-state index contributed by atoms with van der Waals surface area (Å²) >= 11 is 1.70. The van der Waals surface area contributed by atoms with E-state index in [0.29, 0.717) is 6.61 Å². The zero-order valence-corrected chi connectivity index (χ0v) is 17.8. The van der Waals surface area contributed by atoms with Crippen LogP contribution in [0.5, 0.6) is 11.5 Å². The van der Waals surface area contributed by atoms with E-state index in [1.165, 1.54) is 4.88 Å². The van der Waals surface area contributed by atoms with E-state index in [4.69, 9.17) is 18.9 Å². The molecule has 0 saturated carbocycles. The van der Waals surface area contributed by atoms with E-state index in [1.54, 1.807) is 18.4 Å². The Bertz CT molecular complexity index is 1210. The van der Waals surface area contributed by atoms with Gasteiger partial charge in [-0.15, -0.1) is 11.3 Å². The molecule has 0 fully saturated rings. The molecule has 0 N–H and O–H groups in total. The number of rotatable bonds is 5. The van der Waals surface area contributed by atoms with E-state index in [9.17, 15) is 0 Å². The van der Waals surface area contributed by atoms with Gasteiger partial charge in [0.25, 0.3) is 0 Å². The molecule has 5 heteroatoms. The molecule has 4 aromatic rings. The maximum Gasteiger partial charge on any atom is 0.131 e. The molecule has 0 saturated heterocycles. The smallest absolute Gasteiger partial charge is 0.131 e. The number of nitrogens with zero attached hydrogens (tertiary/aromatic N) is 1. The van der Waals surface area contributed by atoms with Crippen LogP contribution in [0.1, 0.15) is 18.4 Å². The third kappa shape index (κ3) is 3.78. The van der Waals surface area contributed by atoms with Crippen LogP contribution in [0, 0.1) is 13.8 Å². The van der Waals surface area contributed by atoms with E-state index >= 15 is 0 Å². The molecule has 0 amide bonds. The maximum absolute atomic E-state index is 6.03. The van der Waals surface area contributed by atoms with Gasteiger partial charge < -0.3 is 13.9 Å². The van der Waals surface area contributed by atoms with Crippen LogP contribution in [0.25, 0.3) is 21.2 Å². The molecule has 0 atom stereocenters. The van der Waals surface area contributed by atoms with Crippen LogP contribution in [0.2, 0.25) is 0 Å². The predicted octanol–water partition coefficient (Wildman–Crippen LogP) is 6.42. The summed E-state index contributed by atoms with van der Waals surface area (Å²) in [4.78, 5) is 6.13. The van der Waals surface area contributed by atoms with Gasteiger partial charge in [0.05, 0.1) is 35.5 Å². The molecule has 0 radical (unpaired) electrons. The van der Waals surface area contributed by atoms with Crippen molar-refractivity contribution in [1.82, 2.24) is 0 Å². The monoisotopic (exact) mass is 405 g/mol. The standard InChI is InChI=1S/C24H23NO3S/c1-5-27-21-14-17(22-7-6-12-29-22)13-20(23-15(2)28-16(3)24(21)23)25-18-8-10-19(26-4)11-9-18/h6-14H,5H2,1-4H3. The number of methoxy groups -OCH3 is 1. The van der Waals surface area contributed by atoms with Gasteiger partial charge in [-0.05, 0) is 74.2 Å². The Labute approximate surface area is 174 Å². The molecule has 0 aliphatic carbocycles. The molecule has 0 spiro atoms. The first-order valence-electron chi connectivity index (χ1n) is 9.54. The summed E-state index contributed by atoms with van der Waals surface area (Å²) in [5, 5.41) is 4.88. The fraction of sp³-hybridized carbons (Fsp3) is 0.208. The van der Waals surface area contributed by atoms with Crippen molar-refractivity contribution in [3.63, 3.8) is 0 Å². The summed E-state index contributed by atoms with van der Waals surface area (Å²) in [5.74, 6) is 3.29. The van der Waals surface area contributed by atoms with Gasteiger partial charge in [-0.1, -0.05) is 6.07 Å². The normalized spacial score (nSPS) is 11.8. The largest absolute Gasteiger partial charge is 0.497 e. The van der Waals surface area contributed by atoms with Crippen molar-refractivity contribution in [2.75, 3.05) is 13.7 Å². The van der Waals surface area contributed by atoms with Crippen molar-refractivity contribution in [3.8, 4) is 21.9 Å². The van der Waals surface area contributed by atoms with Crippen molar-refractivity contribution in [1.29, 1.82) is 0 Å². The lowest BCUT2D eigenvalue weighted by atomic mass is 10.2. The van der Waals surface area contributed by atoms with Gasteiger partial charge in [-0.25, -0.2) is 4.99 Å². The number of hydrogen-bond acceptors (Lipinski definition) is 5. The van der Waals surface area contributed by atoms with Gasteiger partial charge in [-0.3, -0.25) is 0 Å². The Morgan fingerprint density at radius 2 is 1.76 bits per heavy atom. The minimum absolute atomic E-state index is 0.581. The second kappa shape index (κ2) is 8.13. The number of aryl methyl sites for hydroxylation is 2. The first-order chi connectivity index (χ1) is 14.1. The highest BCUT2D eigenvalue weighted by atomic mass is 32.1. The van der Waals surface area contributed by atoms with E-state index < -0.39 is 0 Å². The summed E-state index contributed by atoms with van der Waals surface area (Å²) < 4.78 is 17.3. The molecule has 2 aromatic carbocycles. The number of furan rings is 1. The fourth-order valence-corrected chi connectivity index (χ4v) is 4.22. The topological polar surface area (TPSA) is 44.0 Å². The van der Waals surface area contributed by atoms with Gasteiger partial charge in [0.1, 0.15) is 23.0 Å². The molecular weight excluding hydrogens is 382 g/mol. The van der Waals surface area contributed by atoms with Crippen LogP contribution in [0.4, 0.5) is 5.69 Å². The Morgan fingerprint density at radius 3 is 2.41 bits per heavy atom. The van der Waals surface area contributed by atoms with Crippen LogP contribution in [0.3, 0.4) is 0 Å². The van der Waals surface area contributed by atoms with E-state index in [1.807, 2.05) is 45.0 Å². The maximum atomic E-state index is 6.03. The number of thiophene rings is 1. The van der Waals surface area contributed by atoms with Gasteiger partial charge in [0, 0.05) is 4.88 Å². The van der Waals surface area contributed by atoms with Crippen LogP contribution in [-0.4, -0.2) is 13.7 Å². The third-order valence-electron chi connectivity index (χ3n) is 4.77. The van der Waals surface area contributed by atoms with E-state index in [2.05, 4.69) is 29.6 Å². The van der Waals surface area contributed by atoms with Crippen molar-refractivity contribution in [3.05, 3.63) is 70.8 Å². The molecule has 0 aliphatic heterocycles. The Kier molecular flexibility index (Phi) is 5.41. The highest BCUT2D eigenvalue weighted by Gasteiger charge is 2.15. The Hall–Kier alpha value is -3.05. The molecule has 2 heterocycles. The van der Waals surface area contributed by atoms with Crippen molar-refractivity contribution < 1.29 is 13.9 Å². The zero-order valence-electron chi connectivity index (χ0n) is 17.0. The second-order valence-electron chi connectivity index (χ2n) is 6.68. The summed E-state index contributed by atoms with van der Waals surface area (Å²) in [7, 11) is 1.66. The van der Waals surface area contributed by atoms with Crippen molar-refractivity contribution in [2.45, 2.75) is 20.8 Å². The Balaban J connectivity index is 2.08. The quantitative estimate of drug-likeness (QED) is 0.385. The summed E-state index contributed by atoms with van der Waals surface area (Å²) in [6, 6.07) is 16.1. The average molecular weight is 406 g/mol. The lowest BCUT2D eigenvalue weighted by molar-refractivity contribution is 0.344. The van der Waals surface area contributed by atoms with Crippen LogP contribution >= 0.6 is 11.3 Å². The van der Waals surface area contributed by atoms with Gasteiger partial charge in [-0.2, -0.15) is 0 Å². The van der Waals surface area contributed by atoms with Gasteiger partial charge >= 0.3 is 0 Å². The fourth-order valence-electron chi connectivity index (χ4n) is 3.50. The molecule has 0 unspecified atom stereocenters. The van der Waals surface area contributed by atoms with Crippen molar-refractivity contribution in [2.24, 2.45) is 4.99 Å². The second-order valence-corrected chi connectivity index (χ2v) is 7.63. The molecule has 148 valence electrons. The first-order valence-corrected chi connectivity index (χ1v) is 10.4. The highest BCUT2D eigenvalue weighted by Crippen LogP contribution is 2.35. The van der Waals surface area contributed by atoms with Crippen LogP contribution < -0.4 is 14.8 Å². The molecule has 29 heavy (non-hydrogen) atoms. The third-order valence-corrected chi connectivity index (χ3v) is 5.69. The SMILES string of the molecule is CCOc1cc(-c2cccs2)cc(=Nc2ccc(OC)cc2)c2c(C)oc(C)c12. The lowest BCUT2D eigenvalue weighted by Gasteiger charge is -2.03. The molecule has 0 bridgehead atoms. The van der Waals surface area contributed by atoms with Gasteiger partial charge in [0.15, 0.2) is 0 Å². The summed E-state index contributed by atoms with van der Waals surface area (Å²) in [6.45, 7) is 6.52. The minimum atomic E-state index is 0.581. The summed E-state index contributed by atoms with van der Waals surface area (Å²) in [5.41, 5.74) is 1.93. The van der Waals surface area contributed by atoms with Gasteiger partial charge in [0.2, 0.25) is 0 Å². The number of fused-ring (bicyclic) bond motifs is 1. The zero-order chi connectivity index (χ0) is 20.4. The molecule has 4 rings (SSSR count). The molecule has 4 nitrogen and oxygen atoms in total. The lowest BCUT2D eigenvalue weighted by Crippen LogP contribution is -2.00. The summed E-state index contributed by atoms with van der Waals surface area (Å²) in [6.07, 6.45) is 0. The Morgan fingerprint density at radius 1 is 1.00 bits per heavy atom. The van der Waals surface area contributed by atoms with Crippen LogP contribution in [0.15, 0.2) is 63.3 Å². The highest BCUT2D eigenvalue weighted by molar-refractivity contribution is 7.13.